The molecule has 0 fully saturated rings. The first-order valence-corrected chi connectivity index (χ1v) is 4.56. The van der Waals surface area contributed by atoms with E-state index >= 15 is 0 Å². The summed E-state index contributed by atoms with van der Waals surface area (Å²) in [4.78, 5) is 3.72. The van der Waals surface area contributed by atoms with Crippen LogP contribution in [-0.4, -0.2) is 10.1 Å². The lowest BCUT2D eigenvalue weighted by Crippen LogP contribution is -2.01. The lowest BCUT2D eigenvalue weighted by atomic mass is 10.1. The lowest BCUT2D eigenvalue weighted by molar-refractivity contribution is 0.149. The van der Waals surface area contributed by atoms with Crippen molar-refractivity contribution in [3.05, 3.63) is 23.0 Å². The molecule has 0 amide bonds. The molecular formula is C9H7ClF2N2O. The maximum atomic E-state index is 12.5. The van der Waals surface area contributed by atoms with Crippen molar-refractivity contribution < 1.29 is 13.9 Å². The Hall–Kier alpha value is -1.41. The molecule has 1 aromatic rings. The number of nitrogens with zero attached hydrogens (tertiary/aromatic N) is 2. The Bertz CT molecular complexity index is 404. The number of aromatic hydroxyl groups is 1. The lowest BCUT2D eigenvalue weighted by Gasteiger charge is -2.08. The highest BCUT2D eigenvalue weighted by atomic mass is 35.5. The number of halogens is 3. The summed E-state index contributed by atoms with van der Waals surface area (Å²) in [5, 5.41) is 17.7. The van der Waals surface area contributed by atoms with Crippen LogP contribution in [0.25, 0.3) is 0 Å². The molecule has 0 unspecified atom stereocenters. The van der Waals surface area contributed by atoms with E-state index in [0.29, 0.717) is 0 Å². The molecule has 1 heterocycles. The standard InChI is InChI=1S/C9H7ClF2N2O/c10-4-7-8(15)3-5(9(11)12)6(14-7)1-2-13/h3,9,15H,1,4H2. The highest BCUT2D eigenvalue weighted by molar-refractivity contribution is 6.17. The molecule has 6 heteroatoms. The van der Waals surface area contributed by atoms with E-state index in [4.69, 9.17) is 16.9 Å². The van der Waals surface area contributed by atoms with Gasteiger partial charge in [0.2, 0.25) is 0 Å². The molecule has 0 aromatic carbocycles. The summed E-state index contributed by atoms with van der Waals surface area (Å²) in [6, 6.07) is 2.63. The van der Waals surface area contributed by atoms with Crippen molar-refractivity contribution in [2.75, 3.05) is 0 Å². The van der Waals surface area contributed by atoms with Gasteiger partial charge in [0.05, 0.1) is 29.8 Å². The molecule has 0 radical (unpaired) electrons. The number of pyridine rings is 1. The van der Waals surface area contributed by atoms with E-state index in [0.717, 1.165) is 6.07 Å². The topological polar surface area (TPSA) is 56.9 Å². The third-order valence-corrected chi connectivity index (χ3v) is 2.05. The van der Waals surface area contributed by atoms with Gasteiger partial charge in [-0.2, -0.15) is 5.26 Å². The first-order valence-electron chi connectivity index (χ1n) is 4.02. The minimum absolute atomic E-state index is 0.0408. The molecule has 80 valence electrons. The molecular weight excluding hydrogens is 226 g/mol. The largest absolute Gasteiger partial charge is 0.506 e. The van der Waals surface area contributed by atoms with Gasteiger partial charge in [-0.05, 0) is 6.07 Å². The zero-order valence-corrected chi connectivity index (χ0v) is 8.30. The van der Waals surface area contributed by atoms with Gasteiger partial charge in [-0.15, -0.1) is 11.6 Å². The fourth-order valence-corrected chi connectivity index (χ4v) is 1.30. The predicted octanol–water partition coefficient (Wildman–Crippen LogP) is 2.53. The zero-order valence-electron chi connectivity index (χ0n) is 7.54. The fraction of sp³-hybridized carbons (Fsp3) is 0.333. The van der Waals surface area contributed by atoms with E-state index in [9.17, 15) is 13.9 Å². The van der Waals surface area contributed by atoms with Crippen molar-refractivity contribution in [2.45, 2.75) is 18.7 Å². The molecule has 0 spiro atoms. The molecule has 0 atom stereocenters. The van der Waals surface area contributed by atoms with Crippen LogP contribution in [0.15, 0.2) is 6.07 Å². The number of rotatable bonds is 3. The second-order valence-corrected chi connectivity index (χ2v) is 3.03. The summed E-state index contributed by atoms with van der Waals surface area (Å²) in [7, 11) is 0. The van der Waals surface area contributed by atoms with Crippen molar-refractivity contribution in [1.29, 1.82) is 5.26 Å². The van der Waals surface area contributed by atoms with E-state index < -0.39 is 12.0 Å². The van der Waals surface area contributed by atoms with Gasteiger partial charge in [0.25, 0.3) is 6.43 Å². The van der Waals surface area contributed by atoms with E-state index in [-0.39, 0.29) is 29.4 Å². The van der Waals surface area contributed by atoms with Gasteiger partial charge in [0.15, 0.2) is 0 Å². The van der Waals surface area contributed by atoms with Crippen LogP contribution < -0.4 is 0 Å². The SMILES string of the molecule is N#CCc1nc(CCl)c(O)cc1C(F)F. The van der Waals surface area contributed by atoms with Crippen LogP contribution >= 0.6 is 11.6 Å². The average Bonchev–Trinajstić information content (AvgIpc) is 2.20. The second-order valence-electron chi connectivity index (χ2n) is 2.76. The van der Waals surface area contributed by atoms with E-state index in [1.54, 1.807) is 6.07 Å². The number of hydrogen-bond donors (Lipinski definition) is 1. The van der Waals surface area contributed by atoms with Crippen LogP contribution in [0, 0.1) is 11.3 Å². The van der Waals surface area contributed by atoms with Crippen LogP contribution in [0.5, 0.6) is 5.75 Å². The minimum Gasteiger partial charge on any atom is -0.506 e. The number of nitriles is 1. The molecule has 1 rings (SSSR count). The quantitative estimate of drug-likeness (QED) is 0.815. The Morgan fingerprint density at radius 3 is 2.67 bits per heavy atom. The summed E-state index contributed by atoms with van der Waals surface area (Å²) in [6.07, 6.45) is -3.00. The molecule has 0 bridgehead atoms. The predicted molar refractivity (Wildman–Crippen MR) is 49.7 cm³/mol. The maximum absolute atomic E-state index is 12.5. The molecule has 0 aliphatic heterocycles. The smallest absolute Gasteiger partial charge is 0.265 e. The van der Waals surface area contributed by atoms with Gasteiger partial charge >= 0.3 is 0 Å². The van der Waals surface area contributed by atoms with Crippen molar-refractivity contribution in [3.8, 4) is 11.8 Å². The molecule has 0 saturated heterocycles. The fourth-order valence-electron chi connectivity index (χ4n) is 1.10. The highest BCUT2D eigenvalue weighted by Crippen LogP contribution is 2.28. The normalized spacial score (nSPS) is 10.3. The van der Waals surface area contributed by atoms with Crippen LogP contribution in [0.3, 0.4) is 0 Å². The van der Waals surface area contributed by atoms with Gasteiger partial charge in [0.1, 0.15) is 5.75 Å². The van der Waals surface area contributed by atoms with Gasteiger partial charge in [-0.1, -0.05) is 0 Å². The van der Waals surface area contributed by atoms with E-state index in [1.165, 1.54) is 0 Å². The van der Waals surface area contributed by atoms with Crippen LogP contribution in [-0.2, 0) is 12.3 Å². The molecule has 1 aromatic heterocycles. The summed E-state index contributed by atoms with van der Waals surface area (Å²) in [5.41, 5.74) is -0.366. The molecule has 0 saturated carbocycles. The Labute approximate surface area is 89.9 Å². The van der Waals surface area contributed by atoms with Crippen LogP contribution in [0.1, 0.15) is 23.4 Å². The molecule has 0 aliphatic rings. The van der Waals surface area contributed by atoms with Gasteiger partial charge in [-0.25, -0.2) is 8.78 Å². The zero-order chi connectivity index (χ0) is 11.4. The number of aromatic nitrogens is 1. The third kappa shape index (κ3) is 2.54. The summed E-state index contributed by atoms with van der Waals surface area (Å²) < 4.78 is 24.9. The first-order chi connectivity index (χ1) is 7.10. The van der Waals surface area contributed by atoms with Crippen molar-refractivity contribution >= 4 is 11.6 Å². The van der Waals surface area contributed by atoms with Crippen LogP contribution in [0.2, 0.25) is 0 Å². The summed E-state index contributed by atoms with van der Waals surface area (Å²) in [5.74, 6) is -0.463. The van der Waals surface area contributed by atoms with Crippen molar-refractivity contribution in [3.63, 3.8) is 0 Å². The molecule has 15 heavy (non-hydrogen) atoms. The first kappa shape index (κ1) is 11.7. The molecule has 0 aliphatic carbocycles. The van der Waals surface area contributed by atoms with E-state index in [2.05, 4.69) is 4.98 Å². The monoisotopic (exact) mass is 232 g/mol. The third-order valence-electron chi connectivity index (χ3n) is 1.80. The maximum Gasteiger partial charge on any atom is 0.265 e. The Kier molecular flexibility index (Phi) is 3.81. The number of alkyl halides is 3. The summed E-state index contributed by atoms with van der Waals surface area (Å²) in [6.45, 7) is 0. The van der Waals surface area contributed by atoms with Crippen LogP contribution in [0.4, 0.5) is 8.78 Å². The Morgan fingerprint density at radius 1 is 1.53 bits per heavy atom. The Morgan fingerprint density at radius 2 is 2.20 bits per heavy atom. The second kappa shape index (κ2) is 4.89. The van der Waals surface area contributed by atoms with E-state index in [1.807, 2.05) is 0 Å². The Balaban J connectivity index is 3.26. The number of hydrogen-bond acceptors (Lipinski definition) is 3. The summed E-state index contributed by atoms with van der Waals surface area (Å²) >= 11 is 5.44. The van der Waals surface area contributed by atoms with Gasteiger partial charge in [0, 0.05) is 5.56 Å². The van der Waals surface area contributed by atoms with Gasteiger partial charge in [-0.3, -0.25) is 4.98 Å². The van der Waals surface area contributed by atoms with Crippen molar-refractivity contribution in [2.24, 2.45) is 0 Å². The highest BCUT2D eigenvalue weighted by Gasteiger charge is 2.17. The molecule has 3 nitrogen and oxygen atoms in total. The minimum atomic E-state index is -2.77. The average molecular weight is 233 g/mol. The van der Waals surface area contributed by atoms with Crippen molar-refractivity contribution in [1.82, 2.24) is 4.98 Å². The molecule has 1 N–H and O–H groups in total. The van der Waals surface area contributed by atoms with Gasteiger partial charge < -0.3 is 5.11 Å².